The van der Waals surface area contributed by atoms with Crippen LogP contribution in [0.15, 0.2) is 18.2 Å². The molecule has 2 rings (SSSR count). The number of hydrogen-bond acceptors (Lipinski definition) is 1. The minimum absolute atomic E-state index is 0.0609. The van der Waals surface area contributed by atoms with Crippen molar-refractivity contribution >= 4 is 34.2 Å². The number of nitrogens with one attached hydrogen (secondary N) is 1. The van der Waals surface area contributed by atoms with Gasteiger partial charge in [0.1, 0.15) is 5.82 Å². The molecule has 0 aliphatic heterocycles. The van der Waals surface area contributed by atoms with Crippen molar-refractivity contribution in [2.75, 3.05) is 5.32 Å². The number of carbonyl (C=O) groups is 1. The van der Waals surface area contributed by atoms with Crippen LogP contribution < -0.4 is 5.32 Å². The average molecular weight is 319 g/mol. The second kappa shape index (κ2) is 4.47. The quantitative estimate of drug-likeness (QED) is 0.834. The van der Waals surface area contributed by atoms with Crippen molar-refractivity contribution in [2.45, 2.75) is 19.3 Å². The van der Waals surface area contributed by atoms with Gasteiger partial charge in [-0.1, -0.05) is 6.42 Å². The maximum absolute atomic E-state index is 12.8. The van der Waals surface area contributed by atoms with E-state index in [0.29, 0.717) is 5.69 Å². The number of amides is 1. The number of halogens is 2. The Kier molecular flexibility index (Phi) is 3.23. The molecule has 80 valence electrons. The number of rotatable bonds is 2. The summed E-state index contributed by atoms with van der Waals surface area (Å²) >= 11 is 2.02. The first-order valence-electron chi connectivity index (χ1n) is 4.93. The third kappa shape index (κ3) is 2.48. The van der Waals surface area contributed by atoms with Gasteiger partial charge < -0.3 is 5.32 Å². The Morgan fingerprint density at radius 3 is 2.73 bits per heavy atom. The number of hydrogen-bond donors (Lipinski definition) is 1. The first kappa shape index (κ1) is 10.9. The van der Waals surface area contributed by atoms with Crippen molar-refractivity contribution in [3.05, 3.63) is 27.6 Å². The third-order valence-corrected chi connectivity index (χ3v) is 3.56. The van der Waals surface area contributed by atoms with Crippen LogP contribution >= 0.6 is 22.6 Å². The molecule has 0 aromatic heterocycles. The smallest absolute Gasteiger partial charge is 0.227 e. The van der Waals surface area contributed by atoms with E-state index in [-0.39, 0.29) is 17.6 Å². The molecule has 1 N–H and O–H groups in total. The van der Waals surface area contributed by atoms with Gasteiger partial charge in [-0.2, -0.15) is 0 Å². The van der Waals surface area contributed by atoms with Crippen molar-refractivity contribution in [3.63, 3.8) is 0 Å². The maximum atomic E-state index is 12.8. The minimum Gasteiger partial charge on any atom is -0.325 e. The molecule has 0 unspecified atom stereocenters. The molecule has 15 heavy (non-hydrogen) atoms. The summed E-state index contributed by atoms with van der Waals surface area (Å²) in [6.07, 6.45) is 3.09. The van der Waals surface area contributed by atoms with E-state index in [1.165, 1.54) is 12.1 Å². The molecular weight excluding hydrogens is 308 g/mol. The van der Waals surface area contributed by atoms with Gasteiger partial charge >= 0.3 is 0 Å². The Morgan fingerprint density at radius 2 is 2.20 bits per heavy atom. The van der Waals surface area contributed by atoms with Gasteiger partial charge in [-0.25, -0.2) is 4.39 Å². The molecule has 0 radical (unpaired) electrons. The Hall–Kier alpha value is -0.650. The predicted octanol–water partition coefficient (Wildman–Crippen LogP) is 3.17. The van der Waals surface area contributed by atoms with Crippen molar-refractivity contribution in [3.8, 4) is 0 Å². The Morgan fingerprint density at radius 1 is 1.47 bits per heavy atom. The fraction of sp³-hybridized carbons (Fsp3) is 0.364. The Bertz CT molecular complexity index is 390. The zero-order chi connectivity index (χ0) is 10.8. The topological polar surface area (TPSA) is 29.1 Å². The van der Waals surface area contributed by atoms with Crippen LogP contribution in [0.2, 0.25) is 0 Å². The normalized spacial score (nSPS) is 15.9. The van der Waals surface area contributed by atoms with Crippen LogP contribution in [0.3, 0.4) is 0 Å². The predicted molar refractivity (Wildman–Crippen MR) is 65.1 cm³/mol. The van der Waals surface area contributed by atoms with Crippen LogP contribution in [0.5, 0.6) is 0 Å². The summed E-state index contributed by atoms with van der Waals surface area (Å²) in [5, 5.41) is 2.83. The van der Waals surface area contributed by atoms with Crippen molar-refractivity contribution in [2.24, 2.45) is 5.92 Å². The molecule has 1 aromatic carbocycles. The molecule has 1 amide bonds. The zero-order valence-corrected chi connectivity index (χ0v) is 10.3. The van der Waals surface area contributed by atoms with Crippen LogP contribution in [0.1, 0.15) is 19.3 Å². The second-order valence-electron chi connectivity index (χ2n) is 3.74. The van der Waals surface area contributed by atoms with Crippen molar-refractivity contribution in [1.29, 1.82) is 0 Å². The van der Waals surface area contributed by atoms with Crippen LogP contribution in [0, 0.1) is 15.3 Å². The van der Waals surface area contributed by atoms with E-state index < -0.39 is 0 Å². The fourth-order valence-electron chi connectivity index (χ4n) is 1.50. The molecule has 0 bridgehead atoms. The Balaban J connectivity index is 2.06. The lowest BCUT2D eigenvalue weighted by atomic mass is 9.85. The summed E-state index contributed by atoms with van der Waals surface area (Å²) in [6.45, 7) is 0. The lowest BCUT2D eigenvalue weighted by molar-refractivity contribution is -0.122. The van der Waals surface area contributed by atoms with E-state index in [9.17, 15) is 9.18 Å². The molecule has 1 aliphatic rings. The van der Waals surface area contributed by atoms with Gasteiger partial charge in [0.15, 0.2) is 0 Å². The second-order valence-corrected chi connectivity index (χ2v) is 4.90. The highest BCUT2D eigenvalue weighted by Crippen LogP contribution is 2.28. The van der Waals surface area contributed by atoms with Gasteiger partial charge in [0.25, 0.3) is 0 Å². The van der Waals surface area contributed by atoms with E-state index in [4.69, 9.17) is 0 Å². The standard InChI is InChI=1S/C11H11FINO/c12-8-4-5-10(9(13)6-8)14-11(15)7-2-1-3-7/h4-7H,1-3H2,(H,14,15). The van der Waals surface area contributed by atoms with Gasteiger partial charge in [-0.05, 0) is 53.6 Å². The average Bonchev–Trinajstić information content (AvgIpc) is 2.07. The first-order valence-corrected chi connectivity index (χ1v) is 6.00. The van der Waals surface area contributed by atoms with Crippen LogP contribution in [-0.4, -0.2) is 5.91 Å². The van der Waals surface area contributed by atoms with Gasteiger partial charge in [-0.3, -0.25) is 4.79 Å². The molecule has 2 nitrogen and oxygen atoms in total. The number of carbonyl (C=O) groups excluding carboxylic acids is 1. The van der Waals surface area contributed by atoms with Crippen LogP contribution in [-0.2, 0) is 4.79 Å². The lowest BCUT2D eigenvalue weighted by Crippen LogP contribution is -2.28. The van der Waals surface area contributed by atoms with Gasteiger partial charge in [-0.15, -0.1) is 0 Å². The van der Waals surface area contributed by atoms with Crippen molar-refractivity contribution < 1.29 is 9.18 Å². The fourth-order valence-corrected chi connectivity index (χ4v) is 2.11. The summed E-state index contributed by atoms with van der Waals surface area (Å²) in [6, 6.07) is 4.38. The molecule has 0 saturated heterocycles. The van der Waals surface area contributed by atoms with Gasteiger partial charge in [0.05, 0.1) is 5.69 Å². The summed E-state index contributed by atoms with van der Waals surface area (Å²) < 4.78 is 13.5. The number of anilines is 1. The monoisotopic (exact) mass is 319 g/mol. The summed E-state index contributed by atoms with van der Waals surface area (Å²) in [4.78, 5) is 11.6. The molecule has 0 atom stereocenters. The van der Waals surface area contributed by atoms with Crippen molar-refractivity contribution in [1.82, 2.24) is 0 Å². The Labute approximate surface area is 101 Å². The van der Waals surface area contributed by atoms with Crippen LogP contribution in [0.4, 0.5) is 10.1 Å². The van der Waals surface area contributed by atoms with Crippen LogP contribution in [0.25, 0.3) is 0 Å². The molecule has 1 aromatic rings. The minimum atomic E-state index is -0.277. The van der Waals surface area contributed by atoms with E-state index >= 15 is 0 Å². The van der Waals surface area contributed by atoms with Gasteiger partial charge in [0, 0.05) is 9.49 Å². The summed E-state index contributed by atoms with van der Waals surface area (Å²) in [5.41, 5.74) is 0.703. The highest BCUT2D eigenvalue weighted by atomic mass is 127. The van der Waals surface area contributed by atoms with E-state index in [1.807, 2.05) is 22.6 Å². The molecule has 1 aliphatic carbocycles. The largest absolute Gasteiger partial charge is 0.325 e. The molecular formula is C11H11FINO. The van der Waals surface area contributed by atoms with Gasteiger partial charge in [0.2, 0.25) is 5.91 Å². The SMILES string of the molecule is O=C(Nc1ccc(F)cc1I)C1CCC1. The van der Waals surface area contributed by atoms with E-state index in [1.54, 1.807) is 6.07 Å². The molecule has 1 saturated carbocycles. The molecule has 0 heterocycles. The maximum Gasteiger partial charge on any atom is 0.227 e. The molecule has 4 heteroatoms. The third-order valence-electron chi connectivity index (χ3n) is 2.66. The summed E-state index contributed by atoms with van der Waals surface area (Å²) in [5.74, 6) is -0.0577. The lowest BCUT2D eigenvalue weighted by Gasteiger charge is -2.24. The first-order chi connectivity index (χ1) is 7.16. The highest BCUT2D eigenvalue weighted by molar-refractivity contribution is 14.1. The number of benzene rings is 1. The molecule has 0 spiro atoms. The summed E-state index contributed by atoms with van der Waals surface area (Å²) in [7, 11) is 0. The van der Waals surface area contributed by atoms with E-state index in [2.05, 4.69) is 5.32 Å². The van der Waals surface area contributed by atoms with E-state index in [0.717, 1.165) is 22.8 Å². The zero-order valence-electron chi connectivity index (χ0n) is 8.09. The highest BCUT2D eigenvalue weighted by Gasteiger charge is 2.25. The molecule has 1 fully saturated rings.